The first-order chi connectivity index (χ1) is 7.00. The summed E-state index contributed by atoms with van der Waals surface area (Å²) in [5, 5.41) is 0. The fourth-order valence-corrected chi connectivity index (χ4v) is 2.13. The van der Waals surface area contributed by atoms with Crippen LogP contribution < -0.4 is 0 Å². The predicted octanol–water partition coefficient (Wildman–Crippen LogP) is 4.61. The summed E-state index contributed by atoms with van der Waals surface area (Å²) in [7, 11) is 0. The quantitative estimate of drug-likeness (QED) is 0.712. The fraction of sp³-hybridized carbons (Fsp3) is 0.455. The van der Waals surface area contributed by atoms with Crippen molar-refractivity contribution in [3.63, 3.8) is 0 Å². The van der Waals surface area contributed by atoms with Crippen molar-refractivity contribution in [1.29, 1.82) is 0 Å². The molecule has 0 unspecified atom stereocenters. The first-order valence-electron chi connectivity index (χ1n) is 4.56. The normalized spacial score (nSPS) is 11.8. The predicted molar refractivity (Wildman–Crippen MR) is 67.4 cm³/mol. The lowest BCUT2D eigenvalue weighted by atomic mass is 9.87. The minimum absolute atomic E-state index is 0.195. The van der Waals surface area contributed by atoms with E-state index in [4.69, 9.17) is 23.2 Å². The van der Waals surface area contributed by atoms with E-state index in [0.29, 0.717) is 18.2 Å². The highest BCUT2D eigenvalue weighted by atomic mass is 79.9. The van der Waals surface area contributed by atoms with Crippen molar-refractivity contribution >= 4 is 39.1 Å². The van der Waals surface area contributed by atoms with E-state index in [-0.39, 0.29) is 11.2 Å². The zero-order chi connectivity index (χ0) is 11.5. The topological polar surface area (TPSA) is 0 Å². The van der Waals surface area contributed by atoms with Gasteiger partial charge in [0.15, 0.2) is 0 Å². The zero-order valence-electron chi connectivity index (χ0n) is 8.37. The molecule has 0 bridgehead atoms. The van der Waals surface area contributed by atoms with Crippen molar-refractivity contribution in [2.75, 3.05) is 11.8 Å². The molecule has 0 aliphatic heterocycles. The van der Waals surface area contributed by atoms with Crippen molar-refractivity contribution in [2.24, 2.45) is 5.41 Å². The molecular formula is C11H12BrCl2F. The Balaban J connectivity index is 2.92. The molecule has 0 N–H and O–H groups in total. The average Bonchev–Trinajstić information content (AvgIpc) is 2.23. The van der Waals surface area contributed by atoms with Crippen molar-refractivity contribution in [3.05, 3.63) is 34.1 Å². The highest BCUT2D eigenvalue weighted by Gasteiger charge is 2.23. The highest BCUT2D eigenvalue weighted by molar-refractivity contribution is 9.10. The third kappa shape index (κ3) is 3.61. The van der Waals surface area contributed by atoms with Gasteiger partial charge in [-0.2, -0.15) is 0 Å². The van der Waals surface area contributed by atoms with Crippen molar-refractivity contribution in [3.8, 4) is 0 Å². The van der Waals surface area contributed by atoms with Crippen LogP contribution in [-0.2, 0) is 6.42 Å². The maximum atomic E-state index is 13.0. The van der Waals surface area contributed by atoms with Crippen molar-refractivity contribution < 1.29 is 4.39 Å². The molecule has 0 heterocycles. The Morgan fingerprint density at radius 3 is 2.47 bits per heavy atom. The molecule has 0 radical (unpaired) electrons. The number of hydrogen-bond acceptors (Lipinski definition) is 0. The van der Waals surface area contributed by atoms with Crippen LogP contribution in [0.3, 0.4) is 0 Å². The Morgan fingerprint density at radius 1 is 1.33 bits per heavy atom. The lowest BCUT2D eigenvalue weighted by molar-refractivity contribution is 0.423. The van der Waals surface area contributed by atoms with Crippen LogP contribution in [0.5, 0.6) is 0 Å². The van der Waals surface area contributed by atoms with E-state index in [9.17, 15) is 4.39 Å². The maximum absolute atomic E-state index is 13.0. The third-order valence-corrected chi connectivity index (χ3v) is 4.33. The summed E-state index contributed by atoms with van der Waals surface area (Å²) in [5.74, 6) is 0.679. The van der Waals surface area contributed by atoms with Gasteiger partial charge in [0, 0.05) is 16.2 Å². The molecule has 15 heavy (non-hydrogen) atoms. The molecule has 0 saturated carbocycles. The van der Waals surface area contributed by atoms with Gasteiger partial charge in [-0.3, -0.25) is 0 Å². The van der Waals surface area contributed by atoms with Crippen LogP contribution in [-0.4, -0.2) is 11.8 Å². The number of hydrogen-bond donors (Lipinski definition) is 0. The molecule has 0 saturated heterocycles. The standard InChI is InChI=1S/C11H12BrCl2F/c1-11(6-13,7-14)5-8-4-9(15)2-3-10(8)12/h2-4H,5-7H2,1H3. The van der Waals surface area contributed by atoms with E-state index in [1.165, 1.54) is 12.1 Å². The van der Waals surface area contributed by atoms with E-state index >= 15 is 0 Å². The molecule has 4 heteroatoms. The van der Waals surface area contributed by atoms with E-state index in [1.54, 1.807) is 6.07 Å². The molecular weight excluding hydrogens is 302 g/mol. The van der Waals surface area contributed by atoms with Crippen molar-refractivity contribution in [2.45, 2.75) is 13.3 Å². The first-order valence-corrected chi connectivity index (χ1v) is 6.43. The van der Waals surface area contributed by atoms with Gasteiger partial charge in [-0.15, -0.1) is 23.2 Å². The summed E-state index contributed by atoms with van der Waals surface area (Å²) < 4.78 is 13.9. The Kier molecular flexibility index (Phi) is 4.88. The molecule has 1 aromatic carbocycles. The second-order valence-corrected chi connectivity index (χ2v) is 5.38. The van der Waals surface area contributed by atoms with Gasteiger partial charge in [-0.1, -0.05) is 22.9 Å². The van der Waals surface area contributed by atoms with Gasteiger partial charge < -0.3 is 0 Å². The lowest BCUT2D eigenvalue weighted by Gasteiger charge is -2.24. The Hall–Kier alpha value is 0.210. The van der Waals surface area contributed by atoms with Gasteiger partial charge >= 0.3 is 0 Å². The molecule has 84 valence electrons. The molecule has 0 aliphatic carbocycles. The molecule has 0 fully saturated rings. The van der Waals surface area contributed by atoms with Crippen LogP contribution in [0.1, 0.15) is 12.5 Å². The number of alkyl halides is 2. The van der Waals surface area contributed by atoms with Gasteiger partial charge in [0.2, 0.25) is 0 Å². The Morgan fingerprint density at radius 2 is 1.93 bits per heavy atom. The van der Waals surface area contributed by atoms with Gasteiger partial charge in [0.25, 0.3) is 0 Å². The van der Waals surface area contributed by atoms with E-state index in [1.807, 2.05) is 6.92 Å². The molecule has 0 amide bonds. The zero-order valence-corrected chi connectivity index (χ0v) is 11.5. The molecule has 0 atom stereocenters. The summed E-state index contributed by atoms with van der Waals surface area (Å²) in [4.78, 5) is 0. The minimum atomic E-state index is -0.236. The van der Waals surface area contributed by atoms with Gasteiger partial charge in [0.05, 0.1) is 0 Å². The third-order valence-electron chi connectivity index (χ3n) is 2.27. The van der Waals surface area contributed by atoms with E-state index in [2.05, 4.69) is 15.9 Å². The van der Waals surface area contributed by atoms with E-state index < -0.39 is 0 Å². The SMILES string of the molecule is CC(CCl)(CCl)Cc1cc(F)ccc1Br. The van der Waals surface area contributed by atoms with Crippen LogP contribution in [0.25, 0.3) is 0 Å². The van der Waals surface area contributed by atoms with Gasteiger partial charge in [-0.25, -0.2) is 4.39 Å². The summed E-state index contributed by atoms with van der Waals surface area (Å²) in [6.07, 6.45) is 0.665. The number of rotatable bonds is 4. The van der Waals surface area contributed by atoms with Crippen LogP contribution in [0.15, 0.2) is 22.7 Å². The molecule has 0 aliphatic rings. The maximum Gasteiger partial charge on any atom is 0.123 e. The monoisotopic (exact) mass is 312 g/mol. The fourth-order valence-electron chi connectivity index (χ4n) is 1.27. The van der Waals surface area contributed by atoms with Crippen LogP contribution in [0.2, 0.25) is 0 Å². The van der Waals surface area contributed by atoms with Crippen molar-refractivity contribution in [1.82, 2.24) is 0 Å². The van der Waals surface area contributed by atoms with Crippen LogP contribution in [0.4, 0.5) is 4.39 Å². The molecule has 0 nitrogen and oxygen atoms in total. The summed E-state index contributed by atoms with van der Waals surface area (Å²) in [6.45, 7) is 1.99. The van der Waals surface area contributed by atoms with Gasteiger partial charge in [0.1, 0.15) is 5.82 Å². The van der Waals surface area contributed by atoms with E-state index in [0.717, 1.165) is 10.0 Å². The smallest absolute Gasteiger partial charge is 0.123 e. The highest BCUT2D eigenvalue weighted by Crippen LogP contribution is 2.29. The molecule has 0 spiro atoms. The minimum Gasteiger partial charge on any atom is -0.207 e. The molecule has 0 aromatic heterocycles. The second-order valence-electron chi connectivity index (χ2n) is 3.99. The summed E-state index contributed by atoms with van der Waals surface area (Å²) in [6, 6.07) is 4.64. The average molecular weight is 314 g/mol. The first kappa shape index (κ1) is 13.3. The number of benzene rings is 1. The summed E-state index contributed by atoms with van der Waals surface area (Å²) >= 11 is 15.1. The lowest BCUT2D eigenvalue weighted by Crippen LogP contribution is -2.24. The van der Waals surface area contributed by atoms with Crippen LogP contribution >= 0.6 is 39.1 Å². The Bertz CT molecular complexity index is 337. The summed E-state index contributed by atoms with van der Waals surface area (Å²) in [5.41, 5.74) is 0.707. The molecule has 1 aromatic rings. The van der Waals surface area contributed by atoms with Crippen LogP contribution in [0, 0.1) is 11.2 Å². The molecule has 1 rings (SSSR count). The number of halogens is 4. The largest absolute Gasteiger partial charge is 0.207 e. The Labute approximate surface area is 108 Å². The second kappa shape index (κ2) is 5.51. The van der Waals surface area contributed by atoms with Gasteiger partial charge in [-0.05, 0) is 35.6 Å².